The second-order valence-corrected chi connectivity index (χ2v) is 7.15. The number of amides is 3. The molecule has 3 fully saturated rings. The molecule has 0 spiro atoms. The molecule has 2 atom stereocenters. The molecule has 128 valence electrons. The summed E-state index contributed by atoms with van der Waals surface area (Å²) in [7, 11) is 0. The van der Waals surface area contributed by atoms with Gasteiger partial charge in [-0.1, -0.05) is 19.3 Å². The summed E-state index contributed by atoms with van der Waals surface area (Å²) in [5.74, 6) is 0.180. The summed E-state index contributed by atoms with van der Waals surface area (Å²) < 4.78 is 0. The maximum atomic E-state index is 12.5. The van der Waals surface area contributed by atoms with Crippen LogP contribution < -0.4 is 10.6 Å². The van der Waals surface area contributed by atoms with Gasteiger partial charge in [0.05, 0.1) is 0 Å². The molecule has 6 heteroatoms. The van der Waals surface area contributed by atoms with Crippen LogP contribution in [0.15, 0.2) is 0 Å². The zero-order valence-electron chi connectivity index (χ0n) is 13.7. The van der Waals surface area contributed by atoms with Crippen LogP contribution in [-0.4, -0.2) is 48.3 Å². The van der Waals surface area contributed by atoms with Crippen LogP contribution in [0.5, 0.6) is 0 Å². The number of nitrogens with zero attached hydrogens (tertiary/aromatic N) is 1. The first kappa shape index (κ1) is 16.3. The normalized spacial score (nSPS) is 29.2. The van der Waals surface area contributed by atoms with Crippen LogP contribution in [0.25, 0.3) is 0 Å². The number of nitrogens with one attached hydrogen (secondary N) is 2. The summed E-state index contributed by atoms with van der Waals surface area (Å²) in [6, 6.07) is 0.0417. The Labute approximate surface area is 137 Å². The van der Waals surface area contributed by atoms with E-state index in [1.165, 1.54) is 6.42 Å². The number of hydrogen-bond acceptors (Lipinski definition) is 3. The highest BCUT2D eigenvalue weighted by atomic mass is 16.2. The maximum absolute atomic E-state index is 12.5. The molecule has 3 rings (SSSR count). The summed E-state index contributed by atoms with van der Waals surface area (Å²) in [4.78, 5) is 38.1. The molecular weight excluding hydrogens is 294 g/mol. The van der Waals surface area contributed by atoms with Gasteiger partial charge in [-0.05, 0) is 25.7 Å². The van der Waals surface area contributed by atoms with Gasteiger partial charge >= 0.3 is 0 Å². The van der Waals surface area contributed by atoms with E-state index in [2.05, 4.69) is 10.6 Å². The summed E-state index contributed by atoms with van der Waals surface area (Å²) in [6.07, 6.45) is 7.41. The molecule has 2 N–H and O–H groups in total. The Kier molecular flexibility index (Phi) is 5.18. The molecule has 2 heterocycles. The molecule has 3 amide bonds. The lowest BCUT2D eigenvalue weighted by Crippen LogP contribution is -2.45. The van der Waals surface area contributed by atoms with Crippen molar-refractivity contribution in [2.24, 2.45) is 11.8 Å². The fourth-order valence-corrected chi connectivity index (χ4v) is 4.01. The van der Waals surface area contributed by atoms with Crippen LogP contribution in [-0.2, 0) is 14.4 Å². The highest BCUT2D eigenvalue weighted by molar-refractivity contribution is 5.87. The lowest BCUT2D eigenvalue weighted by molar-refractivity contribution is -0.136. The predicted octanol–water partition coefficient (Wildman–Crippen LogP) is 0.810. The largest absolute Gasteiger partial charge is 0.356 e. The van der Waals surface area contributed by atoms with E-state index in [-0.39, 0.29) is 42.0 Å². The number of carbonyl (C=O) groups excluding carboxylic acids is 3. The number of carbonyl (C=O) groups is 3. The summed E-state index contributed by atoms with van der Waals surface area (Å²) in [6.45, 7) is 1.94. The second-order valence-electron chi connectivity index (χ2n) is 7.15. The summed E-state index contributed by atoms with van der Waals surface area (Å²) in [5, 5.41) is 5.79. The van der Waals surface area contributed by atoms with Gasteiger partial charge < -0.3 is 15.5 Å². The predicted molar refractivity (Wildman–Crippen MR) is 85.4 cm³/mol. The fourth-order valence-electron chi connectivity index (χ4n) is 4.01. The standard InChI is InChI=1S/C17H27N3O3/c21-15-10-13(6-8-18-15)16(22)19-14-7-9-20(11-14)17(23)12-4-2-1-3-5-12/h12-14H,1-11H2,(H,18,21)(H,19,22)/t13-,14+/m1/s1. The van der Waals surface area contributed by atoms with Crippen LogP contribution in [0.3, 0.4) is 0 Å². The van der Waals surface area contributed by atoms with E-state index >= 15 is 0 Å². The number of hydrogen-bond donors (Lipinski definition) is 2. The smallest absolute Gasteiger partial charge is 0.225 e. The third kappa shape index (κ3) is 4.03. The van der Waals surface area contributed by atoms with Crippen LogP contribution in [0.4, 0.5) is 0 Å². The molecule has 0 bridgehead atoms. The lowest BCUT2D eigenvalue weighted by atomic mass is 9.88. The lowest BCUT2D eigenvalue weighted by Gasteiger charge is -2.26. The minimum atomic E-state index is -0.216. The van der Waals surface area contributed by atoms with E-state index in [1.54, 1.807) is 0 Å². The van der Waals surface area contributed by atoms with Crippen LogP contribution in [0.2, 0.25) is 0 Å². The average Bonchev–Trinajstić information content (AvgIpc) is 3.03. The first-order valence-electron chi connectivity index (χ1n) is 8.99. The Morgan fingerprint density at radius 3 is 2.57 bits per heavy atom. The van der Waals surface area contributed by atoms with Gasteiger partial charge in [-0.25, -0.2) is 0 Å². The van der Waals surface area contributed by atoms with E-state index < -0.39 is 0 Å². The van der Waals surface area contributed by atoms with E-state index in [4.69, 9.17) is 0 Å². The van der Waals surface area contributed by atoms with Gasteiger partial charge in [-0.3, -0.25) is 14.4 Å². The highest BCUT2D eigenvalue weighted by Crippen LogP contribution is 2.27. The first-order valence-corrected chi connectivity index (χ1v) is 8.99. The summed E-state index contributed by atoms with van der Waals surface area (Å²) in [5.41, 5.74) is 0. The minimum absolute atomic E-state index is 0.0307. The summed E-state index contributed by atoms with van der Waals surface area (Å²) >= 11 is 0. The first-order chi connectivity index (χ1) is 11.1. The molecule has 2 saturated heterocycles. The van der Waals surface area contributed by atoms with Gasteiger partial charge in [0.15, 0.2) is 0 Å². The van der Waals surface area contributed by atoms with Crippen LogP contribution in [0, 0.1) is 11.8 Å². The van der Waals surface area contributed by atoms with Crippen molar-refractivity contribution in [3.05, 3.63) is 0 Å². The van der Waals surface area contributed by atoms with Gasteiger partial charge in [0, 0.05) is 43.9 Å². The fraction of sp³-hybridized carbons (Fsp3) is 0.824. The molecule has 0 radical (unpaired) electrons. The third-order valence-electron chi connectivity index (χ3n) is 5.42. The molecule has 3 aliphatic rings. The van der Waals surface area contributed by atoms with E-state index in [9.17, 15) is 14.4 Å². The van der Waals surface area contributed by atoms with Crippen molar-refractivity contribution < 1.29 is 14.4 Å². The van der Waals surface area contributed by atoms with Gasteiger partial charge in [0.25, 0.3) is 0 Å². The van der Waals surface area contributed by atoms with Gasteiger partial charge in [0.2, 0.25) is 17.7 Å². The zero-order valence-corrected chi connectivity index (χ0v) is 13.7. The molecule has 0 aromatic heterocycles. The maximum Gasteiger partial charge on any atom is 0.225 e. The second kappa shape index (κ2) is 7.32. The monoisotopic (exact) mass is 321 g/mol. The van der Waals surface area contributed by atoms with Gasteiger partial charge in [-0.2, -0.15) is 0 Å². The van der Waals surface area contributed by atoms with Crippen molar-refractivity contribution >= 4 is 17.7 Å². The SMILES string of the molecule is O=C1C[C@H](C(=O)N[C@H]2CCN(C(=O)C3CCCCC3)C2)CCN1. The Bertz CT molecular complexity index is 474. The number of piperidine rings is 1. The highest BCUT2D eigenvalue weighted by Gasteiger charge is 2.33. The van der Waals surface area contributed by atoms with Crippen LogP contribution >= 0.6 is 0 Å². The molecule has 0 unspecified atom stereocenters. The van der Waals surface area contributed by atoms with Crippen molar-refractivity contribution in [1.29, 1.82) is 0 Å². The van der Waals surface area contributed by atoms with Crippen LogP contribution in [0.1, 0.15) is 51.4 Å². The number of likely N-dealkylation sites (tertiary alicyclic amines) is 1. The quantitative estimate of drug-likeness (QED) is 0.807. The topological polar surface area (TPSA) is 78.5 Å². The van der Waals surface area contributed by atoms with E-state index in [1.807, 2.05) is 4.90 Å². The number of rotatable bonds is 3. The van der Waals surface area contributed by atoms with Crippen molar-refractivity contribution in [2.75, 3.05) is 19.6 Å². The van der Waals surface area contributed by atoms with Gasteiger partial charge in [0.1, 0.15) is 0 Å². The molecule has 6 nitrogen and oxygen atoms in total. The molecular formula is C17H27N3O3. The Morgan fingerprint density at radius 1 is 1.04 bits per heavy atom. The molecule has 23 heavy (non-hydrogen) atoms. The van der Waals surface area contributed by atoms with E-state index in [0.29, 0.717) is 19.5 Å². The zero-order chi connectivity index (χ0) is 16.2. The minimum Gasteiger partial charge on any atom is -0.356 e. The van der Waals surface area contributed by atoms with E-state index in [0.717, 1.165) is 38.6 Å². The third-order valence-corrected chi connectivity index (χ3v) is 5.42. The van der Waals surface area contributed by atoms with Crippen molar-refractivity contribution in [3.63, 3.8) is 0 Å². The average molecular weight is 321 g/mol. The van der Waals surface area contributed by atoms with Crippen molar-refractivity contribution in [3.8, 4) is 0 Å². The molecule has 1 aliphatic carbocycles. The molecule has 1 saturated carbocycles. The van der Waals surface area contributed by atoms with Crippen molar-refractivity contribution in [2.45, 2.75) is 57.4 Å². The molecule has 0 aromatic rings. The van der Waals surface area contributed by atoms with Crippen molar-refractivity contribution in [1.82, 2.24) is 15.5 Å². The van der Waals surface area contributed by atoms with Gasteiger partial charge in [-0.15, -0.1) is 0 Å². The molecule has 2 aliphatic heterocycles. The molecule has 0 aromatic carbocycles. The Balaban J connectivity index is 1.46. The Morgan fingerprint density at radius 2 is 1.83 bits per heavy atom. The Hall–Kier alpha value is -1.59.